The Kier molecular flexibility index (Phi) is 1.69. The van der Waals surface area contributed by atoms with Crippen molar-refractivity contribution in [1.82, 2.24) is 4.98 Å². The average Bonchev–Trinajstić information content (AvgIpc) is 2.02. The molecule has 0 bridgehead atoms. The van der Waals surface area contributed by atoms with Crippen LogP contribution >= 0.6 is 15.9 Å². The largest absolute Gasteiger partial charge is 0.378 e. The highest BCUT2D eigenvalue weighted by Gasteiger charge is 2.37. The zero-order valence-electron chi connectivity index (χ0n) is 5.96. The van der Waals surface area contributed by atoms with Crippen LogP contribution in [0, 0.1) is 0 Å². The first-order valence-corrected chi connectivity index (χ1v) is 4.28. The molecule has 0 spiro atoms. The lowest BCUT2D eigenvalue weighted by molar-refractivity contribution is -0.00701. The molecule has 11 heavy (non-hydrogen) atoms. The van der Waals surface area contributed by atoms with Crippen LogP contribution in [0.2, 0.25) is 0 Å². The Morgan fingerprint density at radius 1 is 1.36 bits per heavy atom. The van der Waals surface area contributed by atoms with Gasteiger partial charge in [0, 0.05) is 12.4 Å². The Hall–Kier alpha value is -0.410. The number of ether oxygens (including phenoxy) is 1. The van der Waals surface area contributed by atoms with Gasteiger partial charge in [0.05, 0.1) is 17.5 Å². The molecule has 1 aromatic heterocycles. The zero-order chi connectivity index (χ0) is 7.73. The van der Waals surface area contributed by atoms with Crippen molar-refractivity contribution in [2.24, 2.45) is 0 Å². The van der Waals surface area contributed by atoms with Gasteiger partial charge in [0.15, 0.2) is 0 Å². The summed E-state index contributed by atoms with van der Waals surface area (Å²) < 4.78 is 5.19. The number of halogens is 1. The fourth-order valence-electron chi connectivity index (χ4n) is 1.10. The lowest BCUT2D eigenvalue weighted by Gasteiger charge is -2.36. The van der Waals surface area contributed by atoms with Gasteiger partial charge in [0.25, 0.3) is 0 Å². The van der Waals surface area contributed by atoms with E-state index in [1.54, 1.807) is 12.4 Å². The summed E-state index contributed by atoms with van der Waals surface area (Å²) in [6, 6.07) is 4.02. The van der Waals surface area contributed by atoms with Gasteiger partial charge < -0.3 is 4.74 Å². The Morgan fingerprint density at radius 3 is 2.45 bits per heavy atom. The second kappa shape index (κ2) is 2.57. The number of pyridine rings is 1. The van der Waals surface area contributed by atoms with Crippen LogP contribution < -0.4 is 0 Å². The molecule has 0 aromatic carbocycles. The van der Waals surface area contributed by atoms with Crippen molar-refractivity contribution < 1.29 is 4.74 Å². The highest BCUT2D eigenvalue weighted by atomic mass is 79.9. The van der Waals surface area contributed by atoms with Crippen molar-refractivity contribution >= 4 is 15.9 Å². The van der Waals surface area contributed by atoms with E-state index in [1.165, 1.54) is 5.56 Å². The molecule has 1 saturated heterocycles. The van der Waals surface area contributed by atoms with E-state index in [1.807, 2.05) is 12.1 Å². The van der Waals surface area contributed by atoms with Gasteiger partial charge >= 0.3 is 0 Å². The summed E-state index contributed by atoms with van der Waals surface area (Å²) in [6.07, 6.45) is 3.60. The maximum Gasteiger partial charge on any atom is 0.0972 e. The standard InChI is InChI=1S/C8H8BrNO/c9-8(5-11-6-8)7-1-3-10-4-2-7/h1-4H,5-6H2. The van der Waals surface area contributed by atoms with Crippen molar-refractivity contribution in [3.63, 3.8) is 0 Å². The van der Waals surface area contributed by atoms with Crippen molar-refractivity contribution in [1.29, 1.82) is 0 Å². The monoisotopic (exact) mass is 213 g/mol. The second-order valence-electron chi connectivity index (χ2n) is 2.69. The molecule has 0 atom stereocenters. The highest BCUT2D eigenvalue weighted by molar-refractivity contribution is 9.09. The highest BCUT2D eigenvalue weighted by Crippen LogP contribution is 2.37. The van der Waals surface area contributed by atoms with E-state index in [-0.39, 0.29) is 4.32 Å². The molecule has 2 nitrogen and oxygen atoms in total. The topological polar surface area (TPSA) is 22.1 Å². The van der Waals surface area contributed by atoms with Gasteiger partial charge in [-0.05, 0) is 17.7 Å². The summed E-state index contributed by atoms with van der Waals surface area (Å²) >= 11 is 3.62. The normalized spacial score (nSPS) is 20.8. The first-order chi connectivity index (χ1) is 5.31. The molecule has 0 aliphatic carbocycles. The van der Waals surface area contributed by atoms with Gasteiger partial charge in [-0.3, -0.25) is 4.98 Å². The van der Waals surface area contributed by atoms with E-state index in [0.717, 1.165) is 13.2 Å². The van der Waals surface area contributed by atoms with Gasteiger partial charge in [-0.15, -0.1) is 0 Å². The third-order valence-corrected chi connectivity index (χ3v) is 2.78. The lowest BCUT2D eigenvalue weighted by Crippen LogP contribution is -2.40. The van der Waals surface area contributed by atoms with Crippen LogP contribution in [0.25, 0.3) is 0 Å². The molecule has 0 unspecified atom stereocenters. The minimum atomic E-state index is 0.0654. The number of hydrogen-bond acceptors (Lipinski definition) is 2. The summed E-state index contributed by atoms with van der Waals surface area (Å²) in [7, 11) is 0. The molecule has 1 aromatic rings. The summed E-state index contributed by atoms with van der Waals surface area (Å²) in [5.74, 6) is 0. The minimum Gasteiger partial charge on any atom is -0.378 e. The van der Waals surface area contributed by atoms with E-state index in [2.05, 4.69) is 20.9 Å². The third kappa shape index (κ3) is 1.19. The van der Waals surface area contributed by atoms with E-state index < -0.39 is 0 Å². The fourth-order valence-corrected chi connectivity index (χ4v) is 1.69. The Labute approximate surface area is 73.7 Å². The van der Waals surface area contributed by atoms with Crippen LogP contribution in [0.5, 0.6) is 0 Å². The van der Waals surface area contributed by atoms with Crippen LogP contribution in [0.15, 0.2) is 24.5 Å². The van der Waals surface area contributed by atoms with Gasteiger partial charge in [0.1, 0.15) is 0 Å². The fraction of sp³-hybridized carbons (Fsp3) is 0.375. The van der Waals surface area contributed by atoms with Crippen LogP contribution in [0.4, 0.5) is 0 Å². The molecule has 0 N–H and O–H groups in total. The Balaban J connectivity index is 2.29. The van der Waals surface area contributed by atoms with Gasteiger partial charge in [-0.2, -0.15) is 0 Å². The number of alkyl halides is 1. The summed E-state index contributed by atoms with van der Waals surface area (Å²) in [5, 5.41) is 0. The maximum absolute atomic E-state index is 5.12. The Bertz CT molecular complexity index is 246. The molecule has 0 radical (unpaired) electrons. The van der Waals surface area contributed by atoms with Crippen LogP contribution in [-0.2, 0) is 9.06 Å². The number of aromatic nitrogens is 1. The van der Waals surface area contributed by atoms with Gasteiger partial charge in [-0.1, -0.05) is 15.9 Å². The van der Waals surface area contributed by atoms with Crippen molar-refractivity contribution in [3.8, 4) is 0 Å². The molecule has 1 aliphatic heterocycles. The van der Waals surface area contributed by atoms with Gasteiger partial charge in [-0.25, -0.2) is 0 Å². The van der Waals surface area contributed by atoms with Crippen LogP contribution in [0.1, 0.15) is 5.56 Å². The van der Waals surface area contributed by atoms with E-state index in [9.17, 15) is 0 Å². The first kappa shape index (κ1) is 7.25. The predicted octanol–water partition coefficient (Wildman–Crippen LogP) is 1.70. The molecule has 0 saturated carbocycles. The average molecular weight is 214 g/mol. The van der Waals surface area contributed by atoms with E-state index >= 15 is 0 Å². The first-order valence-electron chi connectivity index (χ1n) is 3.48. The van der Waals surface area contributed by atoms with Crippen LogP contribution in [0.3, 0.4) is 0 Å². The molecular formula is C8H8BrNO. The SMILES string of the molecule is BrC1(c2ccncc2)COC1. The van der Waals surface area contributed by atoms with E-state index in [0.29, 0.717) is 0 Å². The third-order valence-electron chi connectivity index (χ3n) is 1.86. The van der Waals surface area contributed by atoms with E-state index in [4.69, 9.17) is 4.74 Å². The zero-order valence-corrected chi connectivity index (χ0v) is 7.54. The molecule has 2 heterocycles. The lowest BCUT2D eigenvalue weighted by atomic mass is 9.99. The summed E-state index contributed by atoms with van der Waals surface area (Å²) in [6.45, 7) is 1.52. The quantitative estimate of drug-likeness (QED) is 0.664. The number of hydrogen-bond donors (Lipinski definition) is 0. The molecule has 2 rings (SSSR count). The number of nitrogens with zero attached hydrogens (tertiary/aromatic N) is 1. The molecule has 1 aliphatic rings. The molecule has 0 amide bonds. The minimum absolute atomic E-state index is 0.0654. The molecule has 58 valence electrons. The molecule has 3 heteroatoms. The second-order valence-corrected chi connectivity index (χ2v) is 4.21. The number of rotatable bonds is 1. The summed E-state index contributed by atoms with van der Waals surface area (Å²) in [5.41, 5.74) is 1.25. The Morgan fingerprint density at radius 2 is 2.00 bits per heavy atom. The van der Waals surface area contributed by atoms with Crippen molar-refractivity contribution in [3.05, 3.63) is 30.1 Å². The summed E-state index contributed by atoms with van der Waals surface area (Å²) in [4.78, 5) is 3.96. The van der Waals surface area contributed by atoms with Crippen molar-refractivity contribution in [2.75, 3.05) is 13.2 Å². The smallest absolute Gasteiger partial charge is 0.0972 e. The van der Waals surface area contributed by atoms with Crippen LogP contribution in [-0.4, -0.2) is 18.2 Å². The van der Waals surface area contributed by atoms with Crippen molar-refractivity contribution in [2.45, 2.75) is 4.32 Å². The predicted molar refractivity (Wildman–Crippen MR) is 45.7 cm³/mol. The maximum atomic E-state index is 5.12. The molecule has 1 fully saturated rings. The molecular weight excluding hydrogens is 206 g/mol. The van der Waals surface area contributed by atoms with Gasteiger partial charge in [0.2, 0.25) is 0 Å².